The summed E-state index contributed by atoms with van der Waals surface area (Å²) in [4.78, 5) is 17.1. The predicted octanol–water partition coefficient (Wildman–Crippen LogP) is 8.27. The normalized spacial score (nSPS) is 13.5. The van der Waals surface area contributed by atoms with Crippen molar-refractivity contribution in [1.82, 2.24) is 9.47 Å². The molecule has 1 aliphatic carbocycles. The highest BCUT2D eigenvalue weighted by atomic mass is 79.9. The molecule has 0 saturated carbocycles. The Morgan fingerprint density at radius 3 is 2.17 bits per heavy atom. The fourth-order valence-corrected chi connectivity index (χ4v) is 8.00. The second-order valence-electron chi connectivity index (χ2n) is 12.0. The number of fused-ring (bicyclic) bond motifs is 10. The summed E-state index contributed by atoms with van der Waals surface area (Å²) < 4.78 is 14.3. The summed E-state index contributed by atoms with van der Waals surface area (Å²) in [6.45, 7) is 1.27. The van der Waals surface area contributed by atoms with E-state index >= 15 is 4.79 Å². The van der Waals surface area contributed by atoms with Gasteiger partial charge in [-0.2, -0.15) is 0 Å². The summed E-state index contributed by atoms with van der Waals surface area (Å²) in [5.41, 5.74) is 10.8. The van der Waals surface area contributed by atoms with Gasteiger partial charge in [-0.3, -0.25) is 4.79 Å². The van der Waals surface area contributed by atoms with Crippen molar-refractivity contribution in [2.45, 2.75) is 32.0 Å². The third-order valence-corrected chi connectivity index (χ3v) is 10.1. The molecule has 2 aliphatic rings. The number of hydrogen-bond donors (Lipinski definition) is 1. The largest absolute Gasteiger partial charge is 0.497 e. The first-order chi connectivity index (χ1) is 22.5. The third kappa shape index (κ3) is 4.37. The smallest absolute Gasteiger partial charge is 0.255 e. The van der Waals surface area contributed by atoms with Gasteiger partial charge in [-0.1, -0.05) is 64.5 Å². The lowest BCUT2D eigenvalue weighted by atomic mass is 9.92. The number of aliphatic hydroxyl groups is 1. The Hall–Kier alpha value is -4.59. The number of carbonyl (C=O) groups is 1. The van der Waals surface area contributed by atoms with E-state index in [0.29, 0.717) is 19.5 Å². The molecule has 8 rings (SSSR count). The molecule has 0 saturated heterocycles. The zero-order chi connectivity index (χ0) is 31.5. The van der Waals surface area contributed by atoms with Gasteiger partial charge >= 0.3 is 0 Å². The summed E-state index contributed by atoms with van der Waals surface area (Å²) in [6, 6.07) is 30.6. The van der Waals surface area contributed by atoms with Gasteiger partial charge in [-0.25, -0.2) is 0 Å². The van der Waals surface area contributed by atoms with Crippen LogP contribution in [0.1, 0.15) is 50.6 Å². The number of aromatic nitrogens is 1. The minimum Gasteiger partial charge on any atom is -0.497 e. The van der Waals surface area contributed by atoms with E-state index in [1.807, 2.05) is 29.2 Å². The van der Waals surface area contributed by atoms with E-state index in [-0.39, 0.29) is 18.6 Å². The van der Waals surface area contributed by atoms with Gasteiger partial charge in [0, 0.05) is 52.4 Å². The van der Waals surface area contributed by atoms with Crippen molar-refractivity contribution < 1.29 is 19.4 Å². The fraction of sp³-hybridized carbons (Fsp3) is 0.205. The van der Waals surface area contributed by atoms with E-state index < -0.39 is 0 Å². The average molecular weight is 674 g/mol. The number of rotatable bonds is 8. The first kappa shape index (κ1) is 28.9. The molecule has 1 aliphatic heterocycles. The molecule has 7 heteroatoms. The van der Waals surface area contributed by atoms with Crippen LogP contribution in [0.5, 0.6) is 11.5 Å². The van der Waals surface area contributed by atoms with Crippen LogP contribution in [0.2, 0.25) is 0 Å². The number of methoxy groups -OCH3 is 2. The quantitative estimate of drug-likeness (QED) is 0.177. The van der Waals surface area contributed by atoms with Crippen molar-refractivity contribution in [2.24, 2.45) is 0 Å². The van der Waals surface area contributed by atoms with Crippen LogP contribution >= 0.6 is 15.9 Å². The van der Waals surface area contributed by atoms with E-state index in [0.717, 1.165) is 72.1 Å². The van der Waals surface area contributed by atoms with Crippen molar-refractivity contribution in [3.05, 3.63) is 129 Å². The third-order valence-electron chi connectivity index (χ3n) is 9.64. The van der Waals surface area contributed by atoms with Crippen LogP contribution in [0.15, 0.2) is 95.5 Å². The highest BCUT2D eigenvalue weighted by Gasteiger charge is 2.41. The van der Waals surface area contributed by atoms with E-state index in [2.05, 4.69) is 87.2 Å². The monoisotopic (exact) mass is 672 g/mol. The molecule has 0 bridgehead atoms. The molecule has 6 aromatic rings. The van der Waals surface area contributed by atoms with E-state index in [4.69, 9.17) is 9.47 Å². The van der Waals surface area contributed by atoms with Crippen molar-refractivity contribution >= 4 is 43.6 Å². The van der Waals surface area contributed by atoms with Crippen LogP contribution in [-0.4, -0.2) is 41.3 Å². The number of carbonyl (C=O) groups excluding carboxylic acids is 1. The Balaban J connectivity index is 1.41. The molecule has 0 radical (unpaired) electrons. The summed E-state index contributed by atoms with van der Waals surface area (Å²) >= 11 is 3.73. The number of nitrogens with zero attached hydrogens (tertiary/aromatic N) is 2. The number of ether oxygens (including phenoxy) is 2. The van der Waals surface area contributed by atoms with E-state index in [1.165, 1.54) is 16.6 Å². The topological polar surface area (TPSA) is 63.9 Å². The number of hydrogen-bond acceptors (Lipinski definition) is 4. The maximum absolute atomic E-state index is 15.1. The van der Waals surface area contributed by atoms with Crippen LogP contribution in [0.25, 0.3) is 32.9 Å². The molecule has 1 amide bonds. The van der Waals surface area contributed by atoms with Crippen LogP contribution in [-0.2, 0) is 19.5 Å². The Bertz CT molecular complexity index is 2100. The number of aryl methyl sites for hydroxylation is 1. The first-order valence-electron chi connectivity index (χ1n) is 15.6. The highest BCUT2D eigenvalue weighted by Crippen LogP contribution is 2.51. The number of benzene rings is 5. The molecule has 0 atom stereocenters. The summed E-state index contributed by atoms with van der Waals surface area (Å²) in [6.07, 6.45) is 1.41. The molecular weight excluding hydrogens is 640 g/mol. The Morgan fingerprint density at radius 2 is 1.52 bits per heavy atom. The van der Waals surface area contributed by atoms with Gasteiger partial charge in [0.2, 0.25) is 0 Å². The maximum atomic E-state index is 15.1. The molecule has 1 aromatic heterocycles. The number of halogens is 1. The molecule has 6 nitrogen and oxygen atoms in total. The first-order valence-corrected chi connectivity index (χ1v) is 16.4. The van der Waals surface area contributed by atoms with Gasteiger partial charge in [0.05, 0.1) is 31.3 Å². The van der Waals surface area contributed by atoms with Gasteiger partial charge in [0.1, 0.15) is 11.5 Å². The average Bonchev–Trinajstić information content (AvgIpc) is 3.73. The van der Waals surface area contributed by atoms with E-state index in [9.17, 15) is 5.11 Å². The van der Waals surface area contributed by atoms with Crippen molar-refractivity contribution in [2.75, 3.05) is 20.8 Å². The van der Waals surface area contributed by atoms with Gasteiger partial charge < -0.3 is 24.0 Å². The van der Waals surface area contributed by atoms with Crippen molar-refractivity contribution in [3.8, 4) is 22.6 Å². The van der Waals surface area contributed by atoms with Crippen molar-refractivity contribution in [1.29, 1.82) is 0 Å². The number of amides is 1. The van der Waals surface area contributed by atoms with Gasteiger partial charge in [0.15, 0.2) is 0 Å². The Kier molecular flexibility index (Phi) is 7.11. The van der Waals surface area contributed by atoms with Crippen LogP contribution in [0.4, 0.5) is 0 Å². The summed E-state index contributed by atoms with van der Waals surface area (Å²) in [7, 11) is 3.32. The Labute approximate surface area is 275 Å². The second-order valence-corrected chi connectivity index (χ2v) is 13.0. The molecule has 230 valence electrons. The lowest BCUT2D eigenvalue weighted by Crippen LogP contribution is -2.30. The molecule has 1 N–H and O–H groups in total. The molecule has 5 aromatic carbocycles. The molecule has 0 spiro atoms. The zero-order valence-electron chi connectivity index (χ0n) is 25.7. The molecule has 46 heavy (non-hydrogen) atoms. The summed E-state index contributed by atoms with van der Waals surface area (Å²) in [5, 5.41) is 12.1. The maximum Gasteiger partial charge on any atom is 0.255 e. The van der Waals surface area contributed by atoms with Gasteiger partial charge in [0.25, 0.3) is 5.91 Å². The molecular formula is C39H33BrN2O4. The minimum atomic E-state index is -0.325. The molecule has 0 unspecified atom stereocenters. The van der Waals surface area contributed by atoms with Crippen molar-refractivity contribution in [3.63, 3.8) is 0 Å². The van der Waals surface area contributed by atoms with E-state index in [1.54, 1.807) is 14.2 Å². The predicted molar refractivity (Wildman–Crippen MR) is 185 cm³/mol. The van der Waals surface area contributed by atoms with Crippen LogP contribution in [0, 0.1) is 0 Å². The number of aliphatic hydroxyl groups excluding tert-OH is 1. The molecule has 0 fully saturated rings. The van der Waals surface area contributed by atoms with Crippen LogP contribution in [0.3, 0.4) is 0 Å². The SMILES string of the molecule is COc1ccc(C(c2ccc(OC)cc2)N2Cc3c(c4c(c5c3c3cc(Br)ccc3n5CCCO)Cc3ccccc3-4)C2=O)cc1. The fourth-order valence-electron chi connectivity index (χ4n) is 7.64. The lowest BCUT2D eigenvalue weighted by Gasteiger charge is -2.29. The molecule has 2 heterocycles. The van der Waals surface area contributed by atoms with Gasteiger partial charge in [-0.15, -0.1) is 0 Å². The standard InChI is InChI=1S/C39H33BrN2O4/c1-45-27-13-8-23(9-14-27)37(24-10-15-28(46-2)16-11-24)42-22-32-35-30-21-26(40)12-17-33(30)41(18-5-19-43)38(35)31-20-25-6-3-4-7-29(25)34(31)36(32)39(42)44/h3-4,6-17,21,37,43H,5,18-20,22H2,1-2H3. The summed E-state index contributed by atoms with van der Waals surface area (Å²) in [5.74, 6) is 1.57. The lowest BCUT2D eigenvalue weighted by molar-refractivity contribution is 0.0731. The minimum absolute atomic E-state index is 0.0349. The van der Waals surface area contributed by atoms with Crippen LogP contribution < -0.4 is 9.47 Å². The Morgan fingerprint density at radius 1 is 0.848 bits per heavy atom. The second kappa shape index (κ2) is 11.3. The van der Waals surface area contributed by atoms with Gasteiger partial charge in [-0.05, 0) is 82.3 Å². The zero-order valence-corrected chi connectivity index (χ0v) is 27.3. The highest BCUT2D eigenvalue weighted by molar-refractivity contribution is 9.10.